The molecular formula is C18H31NO5. The maximum absolute atomic E-state index is 12.4. The number of methoxy groups -OCH3 is 1. The minimum Gasteiger partial charge on any atom is -0.469 e. The summed E-state index contributed by atoms with van der Waals surface area (Å²) in [5.41, 5.74) is -0.639. The third-order valence-electron chi connectivity index (χ3n) is 4.33. The first-order chi connectivity index (χ1) is 11.1. The largest absolute Gasteiger partial charge is 0.469 e. The van der Waals surface area contributed by atoms with Crippen LogP contribution in [0.4, 0.5) is 4.79 Å². The van der Waals surface area contributed by atoms with E-state index in [1.54, 1.807) is 20.8 Å². The molecule has 138 valence electrons. The second-order valence-corrected chi connectivity index (χ2v) is 7.78. The smallest absolute Gasteiger partial charge is 0.408 e. The summed E-state index contributed by atoms with van der Waals surface area (Å²) >= 11 is 0. The number of ketones is 1. The second kappa shape index (κ2) is 9.04. The van der Waals surface area contributed by atoms with Crippen molar-refractivity contribution in [3.8, 4) is 0 Å². The number of ether oxygens (including phenoxy) is 2. The molecule has 0 aliphatic heterocycles. The highest BCUT2D eigenvalue weighted by molar-refractivity contribution is 5.99. The Morgan fingerprint density at radius 3 is 2.21 bits per heavy atom. The zero-order valence-electron chi connectivity index (χ0n) is 15.5. The van der Waals surface area contributed by atoms with Crippen molar-refractivity contribution in [1.29, 1.82) is 0 Å². The Hall–Kier alpha value is -1.59. The Labute approximate surface area is 144 Å². The lowest BCUT2D eigenvalue weighted by Gasteiger charge is -2.29. The summed E-state index contributed by atoms with van der Waals surface area (Å²) in [6, 6.07) is -0.711. The van der Waals surface area contributed by atoms with Crippen molar-refractivity contribution in [3.05, 3.63) is 0 Å². The van der Waals surface area contributed by atoms with Gasteiger partial charge in [-0.1, -0.05) is 32.6 Å². The SMILES string of the molecule is COC(=O)CC(=O)[C@H](CC1CCC(C)CC1)NC(=O)OC(C)(C)C. The molecule has 1 rings (SSSR count). The molecule has 0 aromatic carbocycles. The Bertz CT molecular complexity index is 447. The van der Waals surface area contributed by atoms with Crippen LogP contribution in [-0.4, -0.2) is 36.6 Å². The Kier molecular flexibility index (Phi) is 7.70. The summed E-state index contributed by atoms with van der Waals surface area (Å²) in [5, 5.41) is 2.64. The zero-order valence-corrected chi connectivity index (χ0v) is 15.5. The molecule has 1 aliphatic rings. The molecule has 1 saturated carbocycles. The normalized spacial score (nSPS) is 22.4. The molecule has 0 aromatic heterocycles. The van der Waals surface area contributed by atoms with Gasteiger partial charge in [-0.2, -0.15) is 0 Å². The van der Waals surface area contributed by atoms with Crippen molar-refractivity contribution < 1.29 is 23.9 Å². The lowest BCUT2D eigenvalue weighted by atomic mass is 9.79. The van der Waals surface area contributed by atoms with E-state index in [1.807, 2.05) is 0 Å². The van der Waals surface area contributed by atoms with Crippen LogP contribution in [0.25, 0.3) is 0 Å². The van der Waals surface area contributed by atoms with Crippen LogP contribution in [0.3, 0.4) is 0 Å². The van der Waals surface area contributed by atoms with Crippen LogP contribution < -0.4 is 5.32 Å². The van der Waals surface area contributed by atoms with E-state index in [2.05, 4.69) is 17.0 Å². The van der Waals surface area contributed by atoms with E-state index >= 15 is 0 Å². The van der Waals surface area contributed by atoms with Gasteiger partial charge in [0.15, 0.2) is 5.78 Å². The molecule has 0 unspecified atom stereocenters. The lowest BCUT2D eigenvalue weighted by Crippen LogP contribution is -2.45. The molecule has 0 saturated heterocycles. The first-order valence-electron chi connectivity index (χ1n) is 8.69. The summed E-state index contributed by atoms with van der Waals surface area (Å²) in [7, 11) is 1.24. The Morgan fingerprint density at radius 1 is 1.12 bits per heavy atom. The number of Topliss-reactive ketones (excluding diaryl/α,β-unsaturated/α-hetero) is 1. The van der Waals surface area contributed by atoms with E-state index < -0.39 is 23.7 Å². The summed E-state index contributed by atoms with van der Waals surface area (Å²) in [6.07, 6.45) is 3.93. The quantitative estimate of drug-likeness (QED) is 0.592. The molecule has 6 nitrogen and oxygen atoms in total. The van der Waals surface area contributed by atoms with Gasteiger partial charge in [0.25, 0.3) is 0 Å². The predicted octanol–water partition coefficient (Wildman–Crippen LogP) is 3.23. The molecule has 0 bridgehead atoms. The highest BCUT2D eigenvalue weighted by atomic mass is 16.6. The predicted molar refractivity (Wildman–Crippen MR) is 90.5 cm³/mol. The molecule has 24 heavy (non-hydrogen) atoms. The number of hydrogen-bond donors (Lipinski definition) is 1. The number of esters is 1. The van der Waals surface area contributed by atoms with E-state index in [1.165, 1.54) is 7.11 Å². The van der Waals surface area contributed by atoms with Crippen molar-refractivity contribution in [2.24, 2.45) is 11.8 Å². The van der Waals surface area contributed by atoms with Crippen LogP contribution in [0, 0.1) is 11.8 Å². The number of carbonyl (C=O) groups excluding carboxylic acids is 3. The maximum atomic E-state index is 12.4. The first kappa shape index (κ1) is 20.5. The van der Waals surface area contributed by atoms with Crippen LogP contribution in [0.5, 0.6) is 0 Å². The van der Waals surface area contributed by atoms with Crippen LogP contribution in [-0.2, 0) is 19.1 Å². The summed E-state index contributed by atoms with van der Waals surface area (Å²) in [5.74, 6) is 0.173. The number of nitrogens with one attached hydrogen (secondary N) is 1. The lowest BCUT2D eigenvalue weighted by molar-refractivity contribution is -0.143. The molecule has 0 radical (unpaired) electrons. The molecule has 0 heterocycles. The minimum absolute atomic E-state index is 0.327. The summed E-state index contributed by atoms with van der Waals surface area (Å²) in [6.45, 7) is 7.52. The topological polar surface area (TPSA) is 81.7 Å². The van der Waals surface area contributed by atoms with Crippen molar-refractivity contribution in [1.82, 2.24) is 5.32 Å². The van der Waals surface area contributed by atoms with E-state index in [-0.39, 0.29) is 12.2 Å². The number of amides is 1. The first-order valence-corrected chi connectivity index (χ1v) is 8.69. The van der Waals surface area contributed by atoms with Crippen LogP contribution >= 0.6 is 0 Å². The van der Waals surface area contributed by atoms with Gasteiger partial charge in [0.05, 0.1) is 13.2 Å². The standard InChI is InChI=1S/C18H31NO5/c1-12-6-8-13(9-7-12)10-14(15(20)11-16(21)23-5)19-17(22)24-18(2,3)4/h12-14H,6-11H2,1-5H3,(H,19,22)/t12?,13?,14-/m0/s1. The molecule has 6 heteroatoms. The molecule has 1 N–H and O–H groups in total. The van der Waals surface area contributed by atoms with Gasteiger partial charge in [-0.05, 0) is 39.0 Å². The number of carbonyl (C=O) groups is 3. The van der Waals surface area contributed by atoms with Crippen molar-refractivity contribution in [2.45, 2.75) is 77.9 Å². The van der Waals surface area contributed by atoms with E-state index in [0.717, 1.165) is 25.7 Å². The Morgan fingerprint density at radius 2 is 1.71 bits per heavy atom. The molecular weight excluding hydrogens is 310 g/mol. The monoisotopic (exact) mass is 341 g/mol. The molecule has 1 aliphatic carbocycles. The number of rotatable bonds is 6. The second-order valence-electron chi connectivity index (χ2n) is 7.78. The Balaban J connectivity index is 2.69. The molecule has 1 fully saturated rings. The van der Waals surface area contributed by atoms with Crippen LogP contribution in [0.15, 0.2) is 0 Å². The van der Waals surface area contributed by atoms with Gasteiger partial charge >= 0.3 is 12.1 Å². The fraction of sp³-hybridized carbons (Fsp3) is 0.833. The van der Waals surface area contributed by atoms with Crippen LogP contribution in [0.2, 0.25) is 0 Å². The average molecular weight is 341 g/mol. The minimum atomic E-state index is -0.711. The van der Waals surface area contributed by atoms with E-state index in [9.17, 15) is 14.4 Å². The summed E-state index contributed by atoms with van der Waals surface area (Å²) in [4.78, 5) is 35.8. The van der Waals surface area contributed by atoms with Gasteiger partial charge in [-0.3, -0.25) is 9.59 Å². The van der Waals surface area contributed by atoms with Gasteiger partial charge < -0.3 is 14.8 Å². The molecule has 1 amide bonds. The summed E-state index contributed by atoms with van der Waals surface area (Å²) < 4.78 is 9.79. The van der Waals surface area contributed by atoms with Gasteiger partial charge in [-0.25, -0.2) is 4.79 Å². The van der Waals surface area contributed by atoms with E-state index in [0.29, 0.717) is 18.3 Å². The van der Waals surface area contributed by atoms with Gasteiger partial charge in [0, 0.05) is 0 Å². The highest BCUT2D eigenvalue weighted by Gasteiger charge is 2.29. The fourth-order valence-corrected chi connectivity index (χ4v) is 2.96. The van der Waals surface area contributed by atoms with Gasteiger partial charge in [0.2, 0.25) is 0 Å². The third-order valence-corrected chi connectivity index (χ3v) is 4.33. The highest BCUT2D eigenvalue weighted by Crippen LogP contribution is 2.31. The van der Waals surface area contributed by atoms with Crippen molar-refractivity contribution >= 4 is 17.8 Å². The number of hydrogen-bond acceptors (Lipinski definition) is 5. The van der Waals surface area contributed by atoms with Crippen LogP contribution in [0.1, 0.15) is 66.2 Å². The zero-order chi connectivity index (χ0) is 18.3. The van der Waals surface area contributed by atoms with Crippen molar-refractivity contribution in [3.63, 3.8) is 0 Å². The average Bonchev–Trinajstić information content (AvgIpc) is 2.46. The molecule has 0 aromatic rings. The molecule has 1 atom stereocenters. The van der Waals surface area contributed by atoms with E-state index in [4.69, 9.17) is 4.74 Å². The van der Waals surface area contributed by atoms with Gasteiger partial charge in [-0.15, -0.1) is 0 Å². The van der Waals surface area contributed by atoms with Crippen molar-refractivity contribution in [2.75, 3.05) is 7.11 Å². The maximum Gasteiger partial charge on any atom is 0.408 e. The third kappa shape index (κ3) is 7.79. The van der Waals surface area contributed by atoms with Gasteiger partial charge in [0.1, 0.15) is 12.0 Å². The molecule has 0 spiro atoms. The number of alkyl carbamates (subject to hydrolysis) is 1. The fourth-order valence-electron chi connectivity index (χ4n) is 2.96.